The van der Waals surface area contributed by atoms with Gasteiger partial charge in [0.1, 0.15) is 4.33 Å². The van der Waals surface area contributed by atoms with Crippen LogP contribution in [-0.4, -0.2) is 34.4 Å². The maximum Gasteiger partial charge on any atom is 0.471 e. The third kappa shape index (κ3) is 2.29. The molecule has 1 aromatic carbocycles. The minimum atomic E-state index is -4.83. The quantitative estimate of drug-likeness (QED) is 0.696. The summed E-state index contributed by atoms with van der Waals surface area (Å²) in [5.74, 6) is -1.89. The molecule has 1 atom stereocenters. The average molecular weight is 352 g/mol. The molecule has 1 aliphatic heterocycles. The smallest absolute Gasteiger partial charge is 0.335 e. The zero-order valence-corrected chi connectivity index (χ0v) is 13.0. The molecule has 1 unspecified atom stereocenters. The van der Waals surface area contributed by atoms with Gasteiger partial charge < -0.3 is 4.90 Å². The van der Waals surface area contributed by atoms with Crippen LogP contribution >= 0.6 is 23.2 Å². The predicted octanol–water partition coefficient (Wildman–Crippen LogP) is 4.13. The van der Waals surface area contributed by atoms with Gasteiger partial charge in [0.25, 0.3) is 0 Å². The van der Waals surface area contributed by atoms with Crippen molar-refractivity contribution in [2.45, 2.75) is 29.3 Å². The van der Waals surface area contributed by atoms with Gasteiger partial charge in [-0.3, -0.25) is 4.79 Å². The van der Waals surface area contributed by atoms with Crippen molar-refractivity contribution in [3.8, 4) is 0 Å². The van der Waals surface area contributed by atoms with Crippen LogP contribution in [0, 0.1) is 5.41 Å². The number of hydrogen-bond donors (Lipinski definition) is 0. The van der Waals surface area contributed by atoms with E-state index < -0.39 is 21.8 Å². The number of amides is 1. The largest absolute Gasteiger partial charge is 0.471 e. The van der Waals surface area contributed by atoms with Gasteiger partial charge in [-0.15, -0.1) is 23.2 Å². The van der Waals surface area contributed by atoms with E-state index in [1.807, 2.05) is 30.3 Å². The van der Waals surface area contributed by atoms with Crippen LogP contribution in [0.5, 0.6) is 0 Å². The van der Waals surface area contributed by atoms with Crippen molar-refractivity contribution < 1.29 is 18.0 Å². The summed E-state index contributed by atoms with van der Waals surface area (Å²) in [4.78, 5) is 12.1. The molecular formula is C15H14Cl2F3NO. The molecule has 22 heavy (non-hydrogen) atoms. The molecule has 0 aromatic heterocycles. The fourth-order valence-electron chi connectivity index (χ4n) is 3.59. The standard InChI is InChI=1S/C15H14Cl2F3NO/c16-14(17)11(10-4-2-1-3-5-10)13(14)6-8-21(9-7-13)12(22)15(18,19)20/h1-5,11H,6-9H2. The molecule has 3 rings (SSSR count). The van der Waals surface area contributed by atoms with Gasteiger partial charge >= 0.3 is 12.1 Å². The van der Waals surface area contributed by atoms with Crippen LogP contribution in [0.2, 0.25) is 0 Å². The second kappa shape index (κ2) is 5.03. The number of nitrogens with zero attached hydrogens (tertiary/aromatic N) is 1. The van der Waals surface area contributed by atoms with E-state index in [1.165, 1.54) is 0 Å². The first-order valence-electron chi connectivity index (χ1n) is 6.99. The Morgan fingerprint density at radius 1 is 1.14 bits per heavy atom. The summed E-state index contributed by atoms with van der Waals surface area (Å²) in [6.45, 7) is 0.0612. The molecule has 1 saturated heterocycles. The van der Waals surface area contributed by atoms with Crippen molar-refractivity contribution >= 4 is 29.1 Å². The molecule has 2 aliphatic rings. The minimum absolute atomic E-state index is 0.0306. The van der Waals surface area contributed by atoms with Gasteiger partial charge in [0, 0.05) is 24.4 Å². The van der Waals surface area contributed by atoms with Crippen LogP contribution < -0.4 is 0 Å². The molecule has 1 aromatic rings. The average Bonchev–Trinajstić information content (AvgIpc) is 2.93. The zero-order chi connectivity index (χ0) is 16.2. The fraction of sp³-hybridized carbons (Fsp3) is 0.533. The molecule has 0 N–H and O–H groups in total. The van der Waals surface area contributed by atoms with E-state index in [1.54, 1.807) is 0 Å². The number of rotatable bonds is 1. The molecule has 0 radical (unpaired) electrons. The van der Waals surface area contributed by atoms with Gasteiger partial charge in [0.15, 0.2) is 0 Å². The SMILES string of the molecule is O=C(N1CCC2(CC1)C(c1ccccc1)C2(Cl)Cl)C(F)(F)F. The van der Waals surface area contributed by atoms with Gasteiger partial charge in [0.05, 0.1) is 0 Å². The van der Waals surface area contributed by atoms with Crippen molar-refractivity contribution in [3.63, 3.8) is 0 Å². The molecule has 1 saturated carbocycles. The van der Waals surface area contributed by atoms with Gasteiger partial charge in [-0.1, -0.05) is 30.3 Å². The number of piperidine rings is 1. The molecular weight excluding hydrogens is 338 g/mol. The van der Waals surface area contributed by atoms with Crippen LogP contribution in [0.1, 0.15) is 24.3 Å². The first kappa shape index (κ1) is 15.9. The molecule has 1 amide bonds. The number of carbonyl (C=O) groups is 1. The van der Waals surface area contributed by atoms with Crippen molar-refractivity contribution in [1.29, 1.82) is 0 Å². The Labute approximate surface area is 136 Å². The van der Waals surface area contributed by atoms with Crippen molar-refractivity contribution in [1.82, 2.24) is 4.90 Å². The molecule has 1 heterocycles. The lowest BCUT2D eigenvalue weighted by atomic mass is 9.88. The van der Waals surface area contributed by atoms with E-state index in [-0.39, 0.29) is 19.0 Å². The number of benzene rings is 1. The van der Waals surface area contributed by atoms with Crippen LogP contribution in [0.4, 0.5) is 13.2 Å². The molecule has 7 heteroatoms. The molecule has 1 aliphatic carbocycles. The van der Waals surface area contributed by atoms with E-state index >= 15 is 0 Å². The molecule has 2 nitrogen and oxygen atoms in total. The Morgan fingerprint density at radius 3 is 2.18 bits per heavy atom. The highest BCUT2D eigenvalue weighted by molar-refractivity contribution is 6.52. The highest BCUT2D eigenvalue weighted by Crippen LogP contribution is 2.77. The van der Waals surface area contributed by atoms with Crippen LogP contribution in [-0.2, 0) is 4.79 Å². The summed E-state index contributed by atoms with van der Waals surface area (Å²) in [5, 5.41) is 0. The summed E-state index contributed by atoms with van der Waals surface area (Å²) in [6.07, 6.45) is -4.07. The van der Waals surface area contributed by atoms with Crippen molar-refractivity contribution in [2.75, 3.05) is 13.1 Å². The van der Waals surface area contributed by atoms with Gasteiger partial charge in [-0.2, -0.15) is 13.2 Å². The van der Waals surface area contributed by atoms with E-state index in [2.05, 4.69) is 0 Å². The molecule has 0 bridgehead atoms. The Kier molecular flexibility index (Phi) is 3.64. The highest BCUT2D eigenvalue weighted by atomic mass is 35.5. The first-order valence-corrected chi connectivity index (χ1v) is 7.74. The summed E-state index contributed by atoms with van der Waals surface area (Å²) < 4.78 is 36.5. The van der Waals surface area contributed by atoms with E-state index in [0.717, 1.165) is 10.5 Å². The maximum absolute atomic E-state index is 12.5. The van der Waals surface area contributed by atoms with Gasteiger partial charge in [-0.25, -0.2) is 0 Å². The Hall–Kier alpha value is -0.940. The third-order valence-electron chi connectivity index (χ3n) is 4.81. The van der Waals surface area contributed by atoms with Gasteiger partial charge in [0.2, 0.25) is 0 Å². The maximum atomic E-state index is 12.5. The highest BCUT2D eigenvalue weighted by Gasteiger charge is 2.76. The topological polar surface area (TPSA) is 20.3 Å². The number of hydrogen-bond acceptors (Lipinski definition) is 1. The fourth-order valence-corrected chi connectivity index (χ4v) is 4.75. The third-order valence-corrected chi connectivity index (χ3v) is 6.00. The zero-order valence-electron chi connectivity index (χ0n) is 11.5. The summed E-state index contributed by atoms with van der Waals surface area (Å²) in [6, 6.07) is 9.49. The Morgan fingerprint density at radius 2 is 1.68 bits per heavy atom. The number of likely N-dealkylation sites (tertiary alicyclic amines) is 1. The Bertz CT molecular complexity index is 580. The lowest BCUT2D eigenvalue weighted by molar-refractivity contribution is -0.186. The number of halogens is 5. The van der Waals surface area contributed by atoms with Crippen LogP contribution in [0.3, 0.4) is 0 Å². The monoisotopic (exact) mass is 351 g/mol. The minimum Gasteiger partial charge on any atom is -0.335 e. The van der Waals surface area contributed by atoms with Crippen molar-refractivity contribution in [3.05, 3.63) is 35.9 Å². The first-order chi connectivity index (χ1) is 10.2. The van der Waals surface area contributed by atoms with E-state index in [4.69, 9.17) is 23.2 Å². The van der Waals surface area contributed by atoms with E-state index in [0.29, 0.717) is 12.8 Å². The van der Waals surface area contributed by atoms with E-state index in [9.17, 15) is 18.0 Å². The normalized spacial score (nSPS) is 26.0. The number of carbonyl (C=O) groups excluding carboxylic acids is 1. The molecule has 1 spiro atoms. The lowest BCUT2D eigenvalue weighted by Crippen LogP contribution is -2.46. The van der Waals surface area contributed by atoms with Crippen molar-refractivity contribution in [2.24, 2.45) is 5.41 Å². The van der Waals surface area contributed by atoms with Gasteiger partial charge in [-0.05, 0) is 18.4 Å². The second-order valence-corrected chi connectivity index (χ2v) is 7.30. The number of alkyl halides is 5. The summed E-state index contributed by atoms with van der Waals surface area (Å²) in [7, 11) is 0. The second-order valence-electron chi connectivity index (χ2n) is 5.91. The molecule has 120 valence electrons. The Balaban J connectivity index is 1.75. The van der Waals surface area contributed by atoms with Crippen LogP contribution in [0.25, 0.3) is 0 Å². The summed E-state index contributed by atoms with van der Waals surface area (Å²) in [5.41, 5.74) is 0.544. The molecule has 2 fully saturated rings. The summed E-state index contributed by atoms with van der Waals surface area (Å²) >= 11 is 12.9. The van der Waals surface area contributed by atoms with Crippen LogP contribution in [0.15, 0.2) is 30.3 Å². The lowest BCUT2D eigenvalue weighted by Gasteiger charge is -2.33. The predicted molar refractivity (Wildman–Crippen MR) is 77.9 cm³/mol.